The molecule has 3 atom stereocenters. The second-order valence-corrected chi connectivity index (χ2v) is 9.63. The molecular formula is C28H34N2O8. The van der Waals surface area contributed by atoms with Gasteiger partial charge in [0.25, 0.3) is 0 Å². The van der Waals surface area contributed by atoms with Gasteiger partial charge in [0.1, 0.15) is 12.1 Å². The lowest BCUT2D eigenvalue weighted by Gasteiger charge is -2.29. The lowest BCUT2D eigenvalue weighted by atomic mass is 9.89. The summed E-state index contributed by atoms with van der Waals surface area (Å²) in [6.07, 6.45) is 1.36. The van der Waals surface area contributed by atoms with Crippen LogP contribution in [-0.4, -0.2) is 73.3 Å². The molecule has 38 heavy (non-hydrogen) atoms. The summed E-state index contributed by atoms with van der Waals surface area (Å²) in [6.45, 7) is 0.544. The maximum absolute atomic E-state index is 13.5. The van der Waals surface area contributed by atoms with Gasteiger partial charge in [0.2, 0.25) is 5.75 Å². The zero-order valence-electron chi connectivity index (χ0n) is 21.9. The minimum atomic E-state index is -1.36. The van der Waals surface area contributed by atoms with Crippen LogP contribution in [-0.2, 0) is 27.4 Å². The van der Waals surface area contributed by atoms with Gasteiger partial charge in [-0.1, -0.05) is 30.3 Å². The summed E-state index contributed by atoms with van der Waals surface area (Å²) in [5.41, 5.74) is 0.162. The Morgan fingerprint density at radius 2 is 1.68 bits per heavy atom. The number of ketones is 1. The number of ether oxygens (including phenoxy) is 4. The molecule has 0 aliphatic carbocycles. The van der Waals surface area contributed by atoms with E-state index in [0.29, 0.717) is 48.6 Å². The van der Waals surface area contributed by atoms with Gasteiger partial charge in [0, 0.05) is 13.0 Å². The average Bonchev–Trinajstić information content (AvgIpc) is 3.60. The van der Waals surface area contributed by atoms with Crippen LogP contribution in [0.3, 0.4) is 0 Å². The highest BCUT2D eigenvalue weighted by Crippen LogP contribution is 2.40. The third-order valence-corrected chi connectivity index (χ3v) is 7.31. The summed E-state index contributed by atoms with van der Waals surface area (Å²) < 4.78 is 21.6. The van der Waals surface area contributed by atoms with Crippen molar-refractivity contribution >= 4 is 17.8 Å². The molecule has 2 aliphatic rings. The zero-order chi connectivity index (χ0) is 27.3. The van der Waals surface area contributed by atoms with E-state index >= 15 is 0 Å². The lowest BCUT2D eigenvalue weighted by Crippen LogP contribution is -2.55. The predicted octanol–water partition coefficient (Wildman–Crippen LogP) is 3.20. The Balaban J connectivity index is 1.46. The quantitative estimate of drug-likeness (QED) is 0.480. The number of hydrogen-bond acceptors (Lipinski definition) is 8. The number of rotatable bonds is 10. The first-order valence-electron chi connectivity index (χ1n) is 12.6. The summed E-state index contributed by atoms with van der Waals surface area (Å²) in [7, 11) is 4.49. The maximum atomic E-state index is 13.5. The molecule has 2 heterocycles. The van der Waals surface area contributed by atoms with Gasteiger partial charge in [-0.2, -0.15) is 0 Å². The van der Waals surface area contributed by atoms with E-state index in [2.05, 4.69) is 5.32 Å². The highest BCUT2D eigenvalue weighted by Gasteiger charge is 2.49. The molecule has 2 aromatic rings. The molecule has 10 nitrogen and oxygen atoms in total. The molecule has 4 rings (SSSR count). The Bertz CT molecular complexity index is 1150. The van der Waals surface area contributed by atoms with Crippen molar-refractivity contribution < 1.29 is 38.4 Å². The molecule has 0 spiro atoms. The second kappa shape index (κ2) is 11.7. The number of likely N-dealkylation sites (tertiary alicyclic amines) is 1. The van der Waals surface area contributed by atoms with Crippen molar-refractivity contribution in [1.82, 2.24) is 10.2 Å². The number of nitrogens with one attached hydrogen (secondary N) is 1. The molecule has 0 radical (unpaired) electrons. The number of carbonyl (C=O) groups excluding carboxylic acids is 2. The Hall–Kier alpha value is -3.79. The first-order valence-corrected chi connectivity index (χ1v) is 12.6. The van der Waals surface area contributed by atoms with Gasteiger partial charge in [0.15, 0.2) is 17.3 Å². The van der Waals surface area contributed by atoms with Gasteiger partial charge in [-0.3, -0.25) is 19.8 Å². The van der Waals surface area contributed by atoms with Crippen molar-refractivity contribution in [3.63, 3.8) is 0 Å². The van der Waals surface area contributed by atoms with Crippen LogP contribution >= 0.6 is 0 Å². The molecule has 2 fully saturated rings. The van der Waals surface area contributed by atoms with E-state index in [1.54, 1.807) is 12.1 Å². The second-order valence-electron chi connectivity index (χ2n) is 9.63. The molecule has 1 amide bonds. The van der Waals surface area contributed by atoms with Crippen LogP contribution in [0.5, 0.6) is 17.2 Å². The minimum Gasteiger partial charge on any atom is -0.493 e. The highest BCUT2D eigenvalue weighted by atomic mass is 16.6. The number of aliphatic carboxylic acids is 1. The molecule has 204 valence electrons. The number of carboxylic acids is 1. The SMILES string of the molecule is COc1cc(CC2(C(=O)O)CCC(C(=O)C3CCCN3C(=O)OCc3ccccc3)N2)cc(OC)c1OC. The van der Waals surface area contributed by atoms with Gasteiger partial charge in [-0.15, -0.1) is 0 Å². The molecule has 2 saturated heterocycles. The number of hydrogen-bond donors (Lipinski definition) is 2. The van der Waals surface area contributed by atoms with Gasteiger partial charge in [0.05, 0.1) is 33.4 Å². The summed E-state index contributed by atoms with van der Waals surface area (Å²) in [5, 5.41) is 13.3. The number of benzene rings is 2. The number of carboxylic acid groups (broad SMARTS) is 1. The number of carbonyl (C=O) groups is 3. The fourth-order valence-electron chi connectivity index (χ4n) is 5.37. The minimum absolute atomic E-state index is 0.107. The Morgan fingerprint density at radius 3 is 2.29 bits per heavy atom. The Labute approximate surface area is 221 Å². The zero-order valence-corrected chi connectivity index (χ0v) is 21.9. The standard InChI is InChI=1S/C28H34N2O8/c1-35-22-14-19(15-23(36-2)25(22)37-3)16-28(26(32)33)12-11-20(29-28)24(31)21-10-7-13-30(21)27(34)38-17-18-8-5-4-6-9-18/h4-6,8-9,14-15,20-21,29H,7,10-13,16-17H2,1-3H3,(H,32,33). The average molecular weight is 527 g/mol. The van der Waals surface area contributed by atoms with Crippen LogP contribution in [0.15, 0.2) is 42.5 Å². The van der Waals surface area contributed by atoms with Crippen LogP contribution in [0.2, 0.25) is 0 Å². The molecule has 0 bridgehead atoms. The van der Waals surface area contributed by atoms with Gasteiger partial charge in [-0.25, -0.2) is 4.79 Å². The Morgan fingerprint density at radius 1 is 1.00 bits per heavy atom. The van der Waals surface area contributed by atoms with Crippen molar-refractivity contribution in [2.75, 3.05) is 27.9 Å². The summed E-state index contributed by atoms with van der Waals surface area (Å²) in [4.78, 5) is 40.3. The normalized spacial score (nSPS) is 22.7. The van der Waals surface area contributed by atoms with Crippen molar-refractivity contribution in [2.24, 2.45) is 0 Å². The van der Waals surface area contributed by atoms with E-state index in [1.807, 2.05) is 30.3 Å². The molecule has 10 heteroatoms. The maximum Gasteiger partial charge on any atom is 0.410 e. The van der Waals surface area contributed by atoms with Gasteiger partial charge < -0.3 is 24.1 Å². The smallest absolute Gasteiger partial charge is 0.410 e. The van der Waals surface area contributed by atoms with Gasteiger partial charge >= 0.3 is 12.1 Å². The van der Waals surface area contributed by atoms with E-state index in [9.17, 15) is 19.5 Å². The van der Waals surface area contributed by atoms with Crippen LogP contribution in [0, 0.1) is 0 Å². The number of amides is 1. The largest absolute Gasteiger partial charge is 0.493 e. The molecule has 0 aromatic heterocycles. The summed E-state index contributed by atoms with van der Waals surface area (Å²) >= 11 is 0. The highest BCUT2D eigenvalue weighted by molar-refractivity contribution is 5.93. The van der Waals surface area contributed by atoms with Crippen molar-refractivity contribution in [3.8, 4) is 17.2 Å². The van der Waals surface area contributed by atoms with Crippen LogP contribution in [0.1, 0.15) is 36.8 Å². The number of nitrogens with zero attached hydrogens (tertiary/aromatic N) is 1. The molecule has 0 saturated carbocycles. The first-order chi connectivity index (χ1) is 18.3. The first kappa shape index (κ1) is 27.3. The van der Waals surface area contributed by atoms with Crippen LogP contribution in [0.25, 0.3) is 0 Å². The topological polar surface area (TPSA) is 124 Å². The third kappa shape index (κ3) is 5.55. The lowest BCUT2D eigenvalue weighted by molar-refractivity contribution is -0.144. The van der Waals surface area contributed by atoms with Crippen molar-refractivity contribution in [2.45, 2.75) is 56.3 Å². The molecule has 2 aromatic carbocycles. The van der Waals surface area contributed by atoms with Crippen molar-refractivity contribution in [1.29, 1.82) is 0 Å². The monoisotopic (exact) mass is 526 g/mol. The predicted molar refractivity (Wildman–Crippen MR) is 138 cm³/mol. The van der Waals surface area contributed by atoms with Gasteiger partial charge in [-0.05, 0) is 48.9 Å². The third-order valence-electron chi connectivity index (χ3n) is 7.31. The van der Waals surface area contributed by atoms with Crippen molar-refractivity contribution in [3.05, 3.63) is 53.6 Å². The molecular weight excluding hydrogens is 492 g/mol. The van der Waals surface area contributed by atoms with E-state index in [1.165, 1.54) is 26.2 Å². The summed E-state index contributed by atoms with van der Waals surface area (Å²) in [6, 6.07) is 11.4. The van der Waals surface area contributed by atoms with E-state index in [-0.39, 0.29) is 25.2 Å². The molecule has 2 aliphatic heterocycles. The van der Waals surface area contributed by atoms with E-state index in [0.717, 1.165) is 5.56 Å². The van der Waals surface area contributed by atoms with Crippen LogP contribution in [0.4, 0.5) is 4.79 Å². The van der Waals surface area contributed by atoms with E-state index < -0.39 is 29.7 Å². The fourth-order valence-corrected chi connectivity index (χ4v) is 5.37. The summed E-state index contributed by atoms with van der Waals surface area (Å²) in [5.74, 6) is 0.0163. The van der Waals surface area contributed by atoms with E-state index in [4.69, 9.17) is 18.9 Å². The Kier molecular flexibility index (Phi) is 8.41. The number of Topliss-reactive ketones (excluding diaryl/α,β-unsaturated/α-hetero) is 1. The fraction of sp³-hybridized carbons (Fsp3) is 0.464. The molecule has 2 N–H and O–H groups in total. The molecule has 3 unspecified atom stereocenters. The van der Waals surface area contributed by atoms with Crippen LogP contribution < -0.4 is 19.5 Å². The number of methoxy groups -OCH3 is 3.